The van der Waals surface area contributed by atoms with E-state index in [1.165, 1.54) is 82.8 Å². The molecule has 2 aromatic heterocycles. The zero-order valence-electron chi connectivity index (χ0n) is 27.2. The van der Waals surface area contributed by atoms with Crippen LogP contribution in [0.25, 0.3) is 71.9 Å². The normalized spacial score (nSPS) is 14.0. The van der Waals surface area contributed by atoms with Crippen molar-refractivity contribution < 1.29 is 4.42 Å². The first-order valence-corrected chi connectivity index (χ1v) is 17.0. The first kappa shape index (κ1) is 26.9. The molecule has 5 heteroatoms. The van der Waals surface area contributed by atoms with Crippen molar-refractivity contribution in [2.75, 3.05) is 5.32 Å². The Morgan fingerprint density at radius 3 is 2.33 bits per heavy atom. The summed E-state index contributed by atoms with van der Waals surface area (Å²) in [5.41, 5.74) is 16.3. The van der Waals surface area contributed by atoms with E-state index in [9.17, 15) is 0 Å². The quantitative estimate of drug-likeness (QED) is 0.194. The second-order valence-corrected chi connectivity index (χ2v) is 14.0. The molecule has 0 spiro atoms. The summed E-state index contributed by atoms with van der Waals surface area (Å²) in [6.45, 7) is 4.70. The average molecular weight is 628 g/mol. The molecule has 7 aromatic carbocycles. The number of anilines is 2. The molecule has 4 nitrogen and oxygen atoms in total. The predicted molar refractivity (Wildman–Crippen MR) is 205 cm³/mol. The molecule has 2 aliphatic rings. The Hall–Kier alpha value is -6.07. The van der Waals surface area contributed by atoms with Crippen molar-refractivity contribution in [1.29, 1.82) is 0 Å². The molecule has 0 saturated carbocycles. The summed E-state index contributed by atoms with van der Waals surface area (Å²) < 4.78 is 8.93. The van der Waals surface area contributed by atoms with Gasteiger partial charge in [-0.25, -0.2) is 4.98 Å². The third-order valence-electron chi connectivity index (χ3n) is 11.0. The minimum Gasteiger partial charge on any atom is -0.436 e. The van der Waals surface area contributed by atoms with E-state index >= 15 is 0 Å². The van der Waals surface area contributed by atoms with Crippen LogP contribution in [0.3, 0.4) is 0 Å². The molecule has 0 fully saturated rings. The summed E-state index contributed by atoms with van der Waals surface area (Å²) >= 11 is 0. The SMILES string of the molecule is CC1(C)c2ccccc2Nc2c(-c3c4c5c(c6ccccc36)c3ccccc3n5-c3cc5nc(-c6ccccc6)oc5cc3B4)cccc21. The van der Waals surface area contributed by atoms with E-state index in [4.69, 9.17) is 9.40 Å². The van der Waals surface area contributed by atoms with E-state index in [-0.39, 0.29) is 5.41 Å². The zero-order chi connectivity index (χ0) is 32.4. The van der Waals surface area contributed by atoms with E-state index in [2.05, 4.69) is 139 Å². The Balaban J connectivity index is 1.25. The molecule has 11 rings (SSSR count). The molecule has 0 saturated heterocycles. The number of nitrogens with one attached hydrogen (secondary N) is 1. The van der Waals surface area contributed by atoms with Gasteiger partial charge in [-0.05, 0) is 69.3 Å². The Labute approximate surface area is 283 Å². The molecule has 0 amide bonds. The minimum atomic E-state index is -0.153. The van der Waals surface area contributed by atoms with Gasteiger partial charge in [-0.3, -0.25) is 0 Å². The lowest BCUT2D eigenvalue weighted by Crippen LogP contribution is -2.37. The summed E-state index contributed by atoms with van der Waals surface area (Å²) in [7, 11) is 0.781. The van der Waals surface area contributed by atoms with Gasteiger partial charge in [0.2, 0.25) is 5.89 Å². The molecular weight excluding hydrogens is 597 g/mol. The Morgan fingerprint density at radius 2 is 1.45 bits per heavy atom. The molecule has 1 N–H and O–H groups in total. The van der Waals surface area contributed by atoms with Crippen LogP contribution in [0.15, 0.2) is 138 Å². The van der Waals surface area contributed by atoms with Gasteiger partial charge in [-0.15, -0.1) is 0 Å². The maximum Gasteiger partial charge on any atom is 0.227 e. The average Bonchev–Trinajstić information content (AvgIpc) is 3.71. The van der Waals surface area contributed by atoms with Gasteiger partial charge in [0.1, 0.15) is 5.52 Å². The number of hydrogen-bond donors (Lipinski definition) is 1. The second kappa shape index (κ2) is 9.52. The fourth-order valence-corrected chi connectivity index (χ4v) is 8.81. The van der Waals surface area contributed by atoms with Crippen molar-refractivity contribution in [1.82, 2.24) is 9.55 Å². The highest BCUT2D eigenvalue weighted by Gasteiger charge is 2.35. The van der Waals surface area contributed by atoms with Gasteiger partial charge in [-0.1, -0.05) is 116 Å². The van der Waals surface area contributed by atoms with Crippen LogP contribution >= 0.6 is 0 Å². The number of oxazole rings is 1. The second-order valence-electron chi connectivity index (χ2n) is 14.0. The highest BCUT2D eigenvalue weighted by Crippen LogP contribution is 2.50. The van der Waals surface area contributed by atoms with Gasteiger partial charge in [0.15, 0.2) is 12.9 Å². The van der Waals surface area contributed by atoms with Crippen LogP contribution in [0.4, 0.5) is 11.4 Å². The molecule has 4 heterocycles. The zero-order valence-corrected chi connectivity index (χ0v) is 27.2. The topological polar surface area (TPSA) is 43.0 Å². The number of hydrogen-bond acceptors (Lipinski definition) is 3. The molecule has 9 aromatic rings. The summed E-state index contributed by atoms with van der Waals surface area (Å²) in [6.07, 6.45) is 0. The third-order valence-corrected chi connectivity index (χ3v) is 11.0. The largest absolute Gasteiger partial charge is 0.436 e. The maximum atomic E-state index is 6.44. The number of aromatic nitrogens is 2. The standard InChI is InChI=1S/C44H30BN3O/c1-44(2)30-19-9-10-21-33(30)46-41-29(18-12-20-31(41)44)38-26-15-6-7-16-27(26)39-28-17-8-11-22-35(28)48-36-24-34-37(23-32(36)45-40(38)42(39)48)49-43(47-34)25-13-4-3-5-14-25/h3-24,45-46H,1-2H3. The monoisotopic (exact) mass is 627 g/mol. The molecule has 0 aliphatic carbocycles. The minimum absolute atomic E-state index is 0.153. The van der Waals surface area contributed by atoms with Crippen molar-refractivity contribution in [3.05, 3.63) is 145 Å². The Bertz CT molecular complexity index is 2860. The van der Waals surface area contributed by atoms with Crippen molar-refractivity contribution in [3.8, 4) is 28.3 Å². The lowest BCUT2D eigenvalue weighted by molar-refractivity contribution is 0.620. The summed E-state index contributed by atoms with van der Waals surface area (Å²) in [5.74, 6) is 0.647. The molecule has 0 unspecified atom stereocenters. The molecule has 2 aliphatic heterocycles. The number of nitrogens with zero attached hydrogens (tertiary/aromatic N) is 2. The van der Waals surface area contributed by atoms with Crippen LogP contribution < -0.4 is 16.2 Å². The number of rotatable bonds is 2. The van der Waals surface area contributed by atoms with Gasteiger partial charge in [0, 0.05) is 44.2 Å². The maximum absolute atomic E-state index is 6.44. The van der Waals surface area contributed by atoms with Gasteiger partial charge < -0.3 is 14.3 Å². The molecule has 0 radical (unpaired) electrons. The van der Waals surface area contributed by atoms with Crippen LogP contribution in [0.5, 0.6) is 0 Å². The van der Waals surface area contributed by atoms with Gasteiger partial charge in [-0.2, -0.15) is 0 Å². The van der Waals surface area contributed by atoms with E-state index < -0.39 is 0 Å². The van der Waals surface area contributed by atoms with Crippen LogP contribution in [-0.2, 0) is 5.41 Å². The molecule has 0 atom stereocenters. The van der Waals surface area contributed by atoms with Crippen LogP contribution in [-0.4, -0.2) is 16.8 Å². The summed E-state index contributed by atoms with van der Waals surface area (Å²) in [4.78, 5) is 4.98. The van der Waals surface area contributed by atoms with Gasteiger partial charge in [0.25, 0.3) is 0 Å². The third kappa shape index (κ3) is 3.57. The summed E-state index contributed by atoms with van der Waals surface area (Å²) in [6, 6.07) is 48.1. The molecule has 49 heavy (non-hydrogen) atoms. The van der Waals surface area contributed by atoms with Crippen LogP contribution in [0, 0.1) is 0 Å². The van der Waals surface area contributed by atoms with Crippen molar-refractivity contribution in [2.24, 2.45) is 0 Å². The van der Waals surface area contributed by atoms with E-state index in [0.717, 1.165) is 23.9 Å². The van der Waals surface area contributed by atoms with Crippen molar-refractivity contribution in [2.45, 2.75) is 19.3 Å². The van der Waals surface area contributed by atoms with Gasteiger partial charge in [0.05, 0.1) is 11.2 Å². The van der Waals surface area contributed by atoms with E-state index in [1.54, 1.807) is 0 Å². The Morgan fingerprint density at radius 1 is 0.714 bits per heavy atom. The fraction of sp³-hybridized carbons (Fsp3) is 0.0682. The molecule has 230 valence electrons. The van der Waals surface area contributed by atoms with E-state index in [1.807, 2.05) is 18.2 Å². The number of para-hydroxylation sites is 3. The van der Waals surface area contributed by atoms with Crippen molar-refractivity contribution >= 4 is 73.3 Å². The predicted octanol–water partition coefficient (Wildman–Crippen LogP) is 9.50. The highest BCUT2D eigenvalue weighted by molar-refractivity contribution is 6.74. The highest BCUT2D eigenvalue weighted by atomic mass is 16.3. The molecular formula is C44H30BN3O. The number of fused-ring (bicyclic) bond motifs is 10. The first-order valence-electron chi connectivity index (χ1n) is 17.0. The van der Waals surface area contributed by atoms with Crippen LogP contribution in [0.1, 0.15) is 25.0 Å². The Kier molecular flexibility index (Phi) is 5.23. The van der Waals surface area contributed by atoms with Crippen LogP contribution in [0.2, 0.25) is 0 Å². The summed E-state index contributed by atoms with van der Waals surface area (Å²) in [5, 5.41) is 9.04. The molecule has 0 bridgehead atoms. The fourth-order valence-electron chi connectivity index (χ4n) is 8.81. The number of benzene rings is 7. The lowest BCUT2D eigenvalue weighted by Gasteiger charge is -2.37. The van der Waals surface area contributed by atoms with Crippen molar-refractivity contribution in [3.63, 3.8) is 0 Å². The first-order chi connectivity index (χ1) is 24.1. The van der Waals surface area contributed by atoms with Gasteiger partial charge >= 0.3 is 0 Å². The van der Waals surface area contributed by atoms with E-state index in [0.29, 0.717) is 5.89 Å². The smallest absolute Gasteiger partial charge is 0.227 e. The lowest BCUT2D eigenvalue weighted by atomic mass is 9.58.